The van der Waals surface area contributed by atoms with E-state index in [1.807, 2.05) is 0 Å². The first-order chi connectivity index (χ1) is 8.27. The van der Waals surface area contributed by atoms with E-state index >= 15 is 0 Å². The van der Waals surface area contributed by atoms with Gasteiger partial charge in [-0.05, 0) is 25.1 Å². The van der Waals surface area contributed by atoms with Crippen molar-refractivity contribution < 1.29 is 17.6 Å². The molecule has 0 aromatic heterocycles. The molecule has 0 saturated carbocycles. The summed E-state index contributed by atoms with van der Waals surface area (Å²) in [5.74, 6) is -0.828. The average Bonchev–Trinajstić information content (AvgIpc) is 2.08. The van der Waals surface area contributed by atoms with Crippen LogP contribution in [0, 0.1) is 5.92 Å². The van der Waals surface area contributed by atoms with E-state index in [0.29, 0.717) is 0 Å². The van der Waals surface area contributed by atoms with Crippen LogP contribution in [0.5, 0.6) is 0 Å². The molecule has 1 aliphatic heterocycles. The monoisotopic (exact) mass is 307 g/mol. The topological polar surface area (TPSA) is 72.5 Å². The van der Waals surface area contributed by atoms with Crippen molar-refractivity contribution in [3.63, 3.8) is 0 Å². The van der Waals surface area contributed by atoms with E-state index in [0.717, 1.165) is 6.26 Å². The second-order valence-electron chi connectivity index (χ2n) is 6.87. The van der Waals surface area contributed by atoms with Crippen LogP contribution in [0.25, 0.3) is 0 Å². The highest BCUT2D eigenvalue weighted by Crippen LogP contribution is 2.39. The van der Waals surface area contributed by atoms with Crippen molar-refractivity contribution in [1.82, 2.24) is 5.32 Å². The van der Waals surface area contributed by atoms with Gasteiger partial charge in [-0.1, -0.05) is 20.8 Å². The predicted molar refractivity (Wildman–Crippen MR) is 78.0 cm³/mol. The number of rotatable bonds is 4. The van der Waals surface area contributed by atoms with Crippen LogP contribution < -0.4 is 5.32 Å². The third kappa shape index (κ3) is 3.38. The molecule has 0 radical (unpaired) electrons. The van der Waals surface area contributed by atoms with Crippen molar-refractivity contribution in [2.75, 3.05) is 6.26 Å². The van der Waals surface area contributed by atoms with Crippen LogP contribution >= 0.6 is 0 Å². The fourth-order valence-corrected chi connectivity index (χ4v) is 4.55. The Morgan fingerprint density at radius 2 is 1.79 bits per heavy atom. The molecule has 0 bridgehead atoms. The van der Waals surface area contributed by atoms with Crippen molar-refractivity contribution in [2.24, 2.45) is 5.92 Å². The van der Waals surface area contributed by atoms with Gasteiger partial charge in [0.2, 0.25) is 5.91 Å². The van der Waals surface area contributed by atoms with E-state index in [-0.39, 0.29) is 17.0 Å². The second-order valence-corrected chi connectivity index (χ2v) is 13.8. The summed E-state index contributed by atoms with van der Waals surface area (Å²) in [5, 5.41) is 1.67. The summed E-state index contributed by atoms with van der Waals surface area (Å²) in [5.41, 5.74) is 0. The Morgan fingerprint density at radius 1 is 1.32 bits per heavy atom. The van der Waals surface area contributed by atoms with Crippen LogP contribution in [0.1, 0.15) is 27.7 Å². The molecule has 112 valence electrons. The molecule has 7 heteroatoms. The lowest BCUT2D eigenvalue weighted by molar-refractivity contribution is -0.136. The Morgan fingerprint density at radius 3 is 2.11 bits per heavy atom. The maximum atomic E-state index is 11.6. The first-order valence-corrected chi connectivity index (χ1v) is 11.3. The lowest BCUT2D eigenvalue weighted by atomic mass is 9.96. The van der Waals surface area contributed by atoms with Crippen molar-refractivity contribution >= 4 is 24.1 Å². The van der Waals surface area contributed by atoms with Gasteiger partial charge in [0.05, 0.1) is 12.0 Å². The molecule has 0 aromatic rings. The predicted octanol–water partition coefficient (Wildman–Crippen LogP) is 1.51. The Bertz CT molecular complexity index is 467. The summed E-state index contributed by atoms with van der Waals surface area (Å²) >= 11 is 0. The van der Waals surface area contributed by atoms with Gasteiger partial charge >= 0.3 is 0 Å². The summed E-state index contributed by atoms with van der Waals surface area (Å²) < 4.78 is 29.3. The van der Waals surface area contributed by atoms with Gasteiger partial charge in [0.25, 0.3) is 0 Å². The Balaban J connectivity index is 2.84. The SMILES string of the molecule is CC(O[Si](C)(C)C(C)(C)C)C1C(=O)NC1S(C)(=O)=O. The van der Waals surface area contributed by atoms with Gasteiger partial charge in [-0.15, -0.1) is 0 Å². The van der Waals surface area contributed by atoms with E-state index < -0.39 is 29.4 Å². The van der Waals surface area contributed by atoms with Crippen LogP contribution in [-0.2, 0) is 19.1 Å². The molecule has 3 unspecified atom stereocenters. The van der Waals surface area contributed by atoms with E-state index in [9.17, 15) is 13.2 Å². The smallest absolute Gasteiger partial charge is 0.229 e. The normalized spacial score (nSPS) is 26.6. The number of sulfone groups is 1. The van der Waals surface area contributed by atoms with E-state index in [4.69, 9.17) is 4.43 Å². The molecule has 1 aliphatic rings. The van der Waals surface area contributed by atoms with Crippen LogP contribution in [0.15, 0.2) is 0 Å². The van der Waals surface area contributed by atoms with Crippen molar-refractivity contribution in [2.45, 2.75) is 57.3 Å². The number of carbonyl (C=O) groups excluding carboxylic acids is 1. The van der Waals surface area contributed by atoms with Gasteiger partial charge in [-0.2, -0.15) is 0 Å². The number of hydrogen-bond acceptors (Lipinski definition) is 4. The molecule has 1 N–H and O–H groups in total. The third-order valence-electron chi connectivity index (χ3n) is 4.17. The average molecular weight is 307 g/mol. The zero-order valence-corrected chi connectivity index (χ0v) is 14.6. The van der Waals surface area contributed by atoms with E-state index in [1.165, 1.54) is 0 Å². The second kappa shape index (κ2) is 4.86. The number of nitrogens with one attached hydrogen (secondary N) is 1. The molecule has 0 aromatic carbocycles. The van der Waals surface area contributed by atoms with Crippen molar-refractivity contribution in [3.05, 3.63) is 0 Å². The highest BCUT2D eigenvalue weighted by molar-refractivity contribution is 7.91. The summed E-state index contributed by atoms with van der Waals surface area (Å²) in [6.45, 7) is 12.3. The molecular formula is C12H25NO4SSi. The molecule has 1 rings (SSSR count). The lowest BCUT2D eigenvalue weighted by Gasteiger charge is -2.44. The van der Waals surface area contributed by atoms with Crippen LogP contribution in [0.3, 0.4) is 0 Å². The zero-order chi connectivity index (χ0) is 15.2. The fraction of sp³-hybridized carbons (Fsp3) is 0.917. The highest BCUT2D eigenvalue weighted by Gasteiger charge is 2.51. The standard InChI is InChI=1S/C12H25NO4SSi/c1-8(17-19(6,7)12(2,3)4)9-10(14)13-11(9)18(5,15)16/h8-9,11H,1-7H3,(H,13,14). The number of carbonyl (C=O) groups is 1. The largest absolute Gasteiger partial charge is 0.413 e. The minimum absolute atomic E-state index is 0.0298. The van der Waals surface area contributed by atoms with E-state index in [1.54, 1.807) is 6.92 Å². The van der Waals surface area contributed by atoms with Gasteiger partial charge in [-0.3, -0.25) is 4.79 Å². The quantitative estimate of drug-likeness (QED) is 0.631. The minimum atomic E-state index is -3.28. The molecule has 1 amide bonds. The lowest BCUT2D eigenvalue weighted by Crippen LogP contribution is -2.66. The van der Waals surface area contributed by atoms with E-state index in [2.05, 4.69) is 39.2 Å². The Hall–Kier alpha value is -0.403. The van der Waals surface area contributed by atoms with Gasteiger partial charge in [0, 0.05) is 6.26 Å². The molecule has 0 spiro atoms. The van der Waals surface area contributed by atoms with Crippen molar-refractivity contribution in [3.8, 4) is 0 Å². The van der Waals surface area contributed by atoms with Gasteiger partial charge in [0.15, 0.2) is 18.2 Å². The Kier molecular flexibility index (Phi) is 4.25. The molecule has 1 heterocycles. The maximum Gasteiger partial charge on any atom is 0.229 e. The summed E-state index contributed by atoms with van der Waals surface area (Å²) in [4.78, 5) is 11.6. The molecular weight excluding hydrogens is 282 g/mol. The molecule has 3 atom stereocenters. The summed E-state index contributed by atoms with van der Waals surface area (Å²) in [6, 6.07) is 0. The number of amides is 1. The summed E-state index contributed by atoms with van der Waals surface area (Å²) in [6.07, 6.45) is 0.762. The first kappa shape index (κ1) is 16.7. The Labute approximate surface area is 117 Å². The van der Waals surface area contributed by atoms with Crippen molar-refractivity contribution in [1.29, 1.82) is 0 Å². The van der Waals surface area contributed by atoms with Crippen LogP contribution in [0.2, 0.25) is 18.1 Å². The molecule has 5 nitrogen and oxygen atoms in total. The van der Waals surface area contributed by atoms with Gasteiger partial charge in [0.1, 0.15) is 5.37 Å². The van der Waals surface area contributed by atoms with Gasteiger partial charge in [-0.25, -0.2) is 8.42 Å². The van der Waals surface area contributed by atoms with Gasteiger partial charge < -0.3 is 9.74 Å². The highest BCUT2D eigenvalue weighted by atomic mass is 32.2. The first-order valence-electron chi connectivity index (χ1n) is 6.44. The maximum absolute atomic E-state index is 11.6. The molecule has 0 aliphatic carbocycles. The zero-order valence-electron chi connectivity index (χ0n) is 12.8. The molecule has 1 saturated heterocycles. The third-order valence-corrected chi connectivity index (χ3v) is 10.1. The van der Waals surface area contributed by atoms with Crippen LogP contribution in [-0.4, -0.2) is 40.4 Å². The van der Waals surface area contributed by atoms with Crippen LogP contribution in [0.4, 0.5) is 0 Å². The number of β-lactam (4-membered cyclic amide) rings is 1. The molecule has 1 fully saturated rings. The minimum Gasteiger partial charge on any atom is -0.413 e. The molecule has 19 heavy (non-hydrogen) atoms. The summed E-state index contributed by atoms with van der Waals surface area (Å²) in [7, 11) is -5.29. The number of hydrogen-bond donors (Lipinski definition) is 1. The fourth-order valence-electron chi connectivity index (χ4n) is 1.91.